The van der Waals surface area contributed by atoms with Crippen molar-refractivity contribution in [3.63, 3.8) is 0 Å². The van der Waals surface area contributed by atoms with Gasteiger partial charge in [0.05, 0.1) is 5.60 Å². The minimum absolute atomic E-state index is 0.00970. The first-order valence-corrected chi connectivity index (χ1v) is 11.9. The zero-order valence-electron chi connectivity index (χ0n) is 18.8. The van der Waals surface area contributed by atoms with Gasteiger partial charge in [-0.2, -0.15) is 0 Å². The monoisotopic (exact) mass is 392 g/mol. The fourth-order valence-electron chi connectivity index (χ4n) is 7.95. The van der Waals surface area contributed by atoms with Gasteiger partial charge in [-0.05, 0) is 86.2 Å². The van der Waals surface area contributed by atoms with E-state index in [2.05, 4.69) is 52.1 Å². The molecule has 0 saturated heterocycles. The Morgan fingerprint density at radius 3 is 2.72 bits per heavy atom. The van der Waals surface area contributed by atoms with Crippen LogP contribution in [0, 0.1) is 36.0 Å². The lowest BCUT2D eigenvalue weighted by Gasteiger charge is -2.56. The molecule has 1 aromatic carbocycles. The molecule has 4 rings (SSSR count). The first kappa shape index (κ1) is 20.9. The summed E-state index contributed by atoms with van der Waals surface area (Å²) < 4.78 is 0. The van der Waals surface area contributed by atoms with E-state index >= 15 is 0 Å². The summed E-state index contributed by atoms with van der Waals surface area (Å²) in [4.78, 5) is 0. The Bertz CT molecular complexity index is 779. The predicted octanol–water partition coefficient (Wildman–Crippen LogP) is 6.99. The highest BCUT2D eigenvalue weighted by Gasteiger charge is 2.65. The van der Waals surface area contributed by atoms with E-state index in [1.54, 1.807) is 11.1 Å². The molecule has 7 atom stereocenters. The highest BCUT2D eigenvalue weighted by Crippen LogP contribution is 2.68. The summed E-state index contributed by atoms with van der Waals surface area (Å²) in [5.74, 6) is 3.04. The Hall–Kier alpha value is -1.34. The Kier molecular flexibility index (Phi) is 5.57. The molecule has 1 N–H and O–H groups in total. The molecule has 158 valence electrons. The molecule has 0 bridgehead atoms. The number of benzene rings is 1. The van der Waals surface area contributed by atoms with E-state index < -0.39 is 5.60 Å². The van der Waals surface area contributed by atoms with Crippen molar-refractivity contribution in [2.24, 2.45) is 29.1 Å². The smallest absolute Gasteiger partial charge is 0.0768 e. The molecule has 0 spiro atoms. The van der Waals surface area contributed by atoms with Crippen molar-refractivity contribution in [3.05, 3.63) is 60.2 Å². The van der Waals surface area contributed by atoms with Crippen molar-refractivity contribution in [1.29, 1.82) is 0 Å². The normalized spacial score (nSPS) is 40.6. The molecule has 2 saturated carbocycles. The number of hydrogen-bond acceptors (Lipinski definition) is 1. The van der Waals surface area contributed by atoms with Gasteiger partial charge in [-0.15, -0.1) is 13.2 Å². The van der Waals surface area contributed by atoms with Crippen LogP contribution in [0.15, 0.2) is 43.5 Å². The van der Waals surface area contributed by atoms with E-state index in [4.69, 9.17) is 0 Å². The molecule has 2 fully saturated rings. The van der Waals surface area contributed by atoms with Crippen molar-refractivity contribution in [2.75, 3.05) is 0 Å². The average molecular weight is 393 g/mol. The van der Waals surface area contributed by atoms with Crippen LogP contribution in [-0.2, 0) is 6.42 Å². The number of allylic oxidation sites excluding steroid dienone is 1. The van der Waals surface area contributed by atoms with Gasteiger partial charge in [0.15, 0.2) is 0 Å². The zero-order chi connectivity index (χ0) is 20.8. The van der Waals surface area contributed by atoms with Crippen LogP contribution in [0.4, 0.5) is 0 Å². The minimum atomic E-state index is -0.636. The van der Waals surface area contributed by atoms with Gasteiger partial charge in [-0.3, -0.25) is 0 Å². The van der Waals surface area contributed by atoms with E-state index in [9.17, 15) is 5.11 Å². The third-order valence-corrected chi connectivity index (χ3v) is 9.22. The number of hydrogen-bond donors (Lipinski definition) is 1. The maximum absolute atomic E-state index is 12.1. The van der Waals surface area contributed by atoms with Crippen molar-refractivity contribution >= 4 is 0 Å². The summed E-state index contributed by atoms with van der Waals surface area (Å²) >= 11 is 0. The van der Waals surface area contributed by atoms with Gasteiger partial charge in [0, 0.05) is 5.41 Å². The molecular weight excluding hydrogens is 352 g/mol. The molecule has 0 radical (unpaired) electrons. The summed E-state index contributed by atoms with van der Waals surface area (Å²) in [7, 11) is 0. The molecule has 3 aliphatic carbocycles. The molecule has 0 aromatic heterocycles. The molecule has 1 nitrogen and oxygen atoms in total. The number of aliphatic hydroxyl groups is 1. The van der Waals surface area contributed by atoms with Gasteiger partial charge in [-0.25, -0.2) is 0 Å². The quantitative estimate of drug-likeness (QED) is 0.517. The minimum Gasteiger partial charge on any atom is -0.389 e. The maximum atomic E-state index is 12.1. The third kappa shape index (κ3) is 3.07. The van der Waals surface area contributed by atoms with Crippen LogP contribution in [-0.4, -0.2) is 10.7 Å². The molecule has 3 aliphatic rings. The van der Waals surface area contributed by atoms with Crippen LogP contribution in [0.2, 0.25) is 0 Å². The van der Waals surface area contributed by atoms with Gasteiger partial charge in [-0.1, -0.05) is 62.6 Å². The fraction of sp³-hybridized carbons (Fsp3) is 0.643. The lowest BCUT2D eigenvalue weighted by atomic mass is 9.50. The van der Waals surface area contributed by atoms with Crippen LogP contribution in [0.1, 0.15) is 81.4 Å². The van der Waals surface area contributed by atoms with Crippen molar-refractivity contribution in [3.8, 4) is 0 Å². The number of fused-ring (bicyclic) bond motifs is 5. The summed E-state index contributed by atoms with van der Waals surface area (Å²) in [6, 6.07) is 7.19. The maximum Gasteiger partial charge on any atom is 0.0768 e. The van der Waals surface area contributed by atoms with Crippen LogP contribution < -0.4 is 0 Å². The number of rotatable bonds is 6. The SMILES string of the molecule is C=CC[C@@H]1CC2C3C(CCC)Cc4cc(C)ccc4C3CC[C@]2(C)[C@]1(O)CC=C. The highest BCUT2D eigenvalue weighted by molar-refractivity contribution is 5.39. The third-order valence-electron chi connectivity index (χ3n) is 9.22. The van der Waals surface area contributed by atoms with Gasteiger partial charge in [0.1, 0.15) is 0 Å². The predicted molar refractivity (Wildman–Crippen MR) is 123 cm³/mol. The van der Waals surface area contributed by atoms with Crippen LogP contribution in [0.25, 0.3) is 0 Å². The average Bonchev–Trinajstić information content (AvgIpc) is 2.90. The molecule has 4 unspecified atom stereocenters. The highest BCUT2D eigenvalue weighted by atomic mass is 16.3. The summed E-state index contributed by atoms with van der Waals surface area (Å²) in [5.41, 5.74) is 3.97. The van der Waals surface area contributed by atoms with E-state index in [-0.39, 0.29) is 5.41 Å². The Balaban J connectivity index is 1.78. The Morgan fingerprint density at radius 2 is 2.03 bits per heavy atom. The molecule has 29 heavy (non-hydrogen) atoms. The molecule has 1 heteroatoms. The second-order valence-electron chi connectivity index (χ2n) is 10.6. The molecule has 1 aromatic rings. The Morgan fingerprint density at radius 1 is 1.24 bits per heavy atom. The summed E-state index contributed by atoms with van der Waals surface area (Å²) in [6.45, 7) is 15.0. The van der Waals surface area contributed by atoms with E-state index in [1.807, 2.05) is 12.2 Å². The first-order chi connectivity index (χ1) is 13.9. The topological polar surface area (TPSA) is 20.2 Å². The lowest BCUT2D eigenvalue weighted by molar-refractivity contribution is -0.124. The molecular formula is C28H40O. The zero-order valence-corrected chi connectivity index (χ0v) is 18.8. The second-order valence-corrected chi connectivity index (χ2v) is 10.6. The largest absolute Gasteiger partial charge is 0.389 e. The van der Waals surface area contributed by atoms with Crippen LogP contribution in [0.5, 0.6) is 0 Å². The number of aryl methyl sites for hydroxylation is 1. The van der Waals surface area contributed by atoms with Gasteiger partial charge in [0.2, 0.25) is 0 Å². The van der Waals surface area contributed by atoms with Crippen molar-refractivity contribution in [2.45, 2.75) is 83.7 Å². The fourth-order valence-corrected chi connectivity index (χ4v) is 7.95. The van der Waals surface area contributed by atoms with Crippen LogP contribution in [0.3, 0.4) is 0 Å². The second kappa shape index (κ2) is 7.73. The van der Waals surface area contributed by atoms with Gasteiger partial charge in [0.25, 0.3) is 0 Å². The summed E-state index contributed by atoms with van der Waals surface area (Å²) in [6.07, 6.45) is 12.9. The molecule has 0 amide bonds. The summed E-state index contributed by atoms with van der Waals surface area (Å²) in [5, 5.41) is 12.1. The molecule has 0 heterocycles. The first-order valence-electron chi connectivity index (χ1n) is 11.9. The van der Waals surface area contributed by atoms with E-state index in [0.29, 0.717) is 30.1 Å². The molecule has 0 aliphatic heterocycles. The Labute approximate surface area is 178 Å². The van der Waals surface area contributed by atoms with E-state index in [1.165, 1.54) is 31.2 Å². The van der Waals surface area contributed by atoms with Crippen molar-refractivity contribution in [1.82, 2.24) is 0 Å². The standard InChI is InChI=1S/C28H40O/c1-6-9-20-17-21-16-19(4)11-12-23(21)24-13-15-27(5)25(26(20)24)18-22(10-7-2)28(27,29)14-8-3/h7-8,11-12,16,20,22,24-26,29H,2-3,6,9-10,13-15,17-18H2,1,4-5H3/t20?,22-,24?,25?,26?,27+,28+/m1/s1. The van der Waals surface area contributed by atoms with Gasteiger partial charge >= 0.3 is 0 Å². The lowest BCUT2D eigenvalue weighted by Crippen LogP contribution is -2.53. The van der Waals surface area contributed by atoms with Crippen LogP contribution >= 0.6 is 0 Å². The van der Waals surface area contributed by atoms with E-state index in [0.717, 1.165) is 25.2 Å². The van der Waals surface area contributed by atoms with Crippen molar-refractivity contribution < 1.29 is 5.11 Å². The van der Waals surface area contributed by atoms with Gasteiger partial charge < -0.3 is 5.11 Å².